The molecule has 0 N–H and O–H groups in total. The highest BCUT2D eigenvalue weighted by atomic mass is 16.5. The number of amides is 1. The topological polar surface area (TPSA) is 40.4 Å². The molecule has 0 aromatic heterocycles. The number of carbonyl (C=O) groups excluding carboxylic acids is 1. The van der Waals surface area contributed by atoms with Gasteiger partial charge < -0.3 is 4.74 Å². The molecule has 1 heterocycles. The Morgan fingerprint density at radius 1 is 1.45 bits per heavy atom. The average molecular weight is 148 g/mol. The maximum Gasteiger partial charge on any atom is 0.434 e. The summed E-state index contributed by atoms with van der Waals surface area (Å²) in [6.45, 7) is 0. The first-order valence-electron chi connectivity index (χ1n) is 3.33. The van der Waals surface area contributed by atoms with Gasteiger partial charge in [0.15, 0.2) is 0 Å². The first-order valence-corrected chi connectivity index (χ1v) is 3.33. The standard InChI is InChI=1S/C8H6NO2/c10-8-9-7-4-2-1-3-6(7)5-11-8/h1-5,7H. The third-order valence-electron chi connectivity index (χ3n) is 1.58. The molecule has 0 saturated carbocycles. The van der Waals surface area contributed by atoms with Crippen LogP contribution < -0.4 is 5.32 Å². The molecular formula is C8H6NO2. The van der Waals surface area contributed by atoms with E-state index >= 15 is 0 Å². The zero-order chi connectivity index (χ0) is 7.68. The lowest BCUT2D eigenvalue weighted by atomic mass is 10.0. The van der Waals surface area contributed by atoms with Gasteiger partial charge in [0.2, 0.25) is 0 Å². The predicted molar refractivity (Wildman–Crippen MR) is 38.8 cm³/mol. The second kappa shape index (κ2) is 2.27. The van der Waals surface area contributed by atoms with E-state index in [1.54, 1.807) is 0 Å². The summed E-state index contributed by atoms with van der Waals surface area (Å²) in [4.78, 5) is 10.6. The van der Waals surface area contributed by atoms with E-state index in [9.17, 15) is 4.79 Å². The summed E-state index contributed by atoms with van der Waals surface area (Å²) in [6, 6.07) is -0.124. The Hall–Kier alpha value is -1.51. The Morgan fingerprint density at radius 2 is 2.36 bits per heavy atom. The van der Waals surface area contributed by atoms with Crippen molar-refractivity contribution in [3.05, 3.63) is 36.1 Å². The van der Waals surface area contributed by atoms with Gasteiger partial charge >= 0.3 is 6.09 Å². The van der Waals surface area contributed by atoms with E-state index < -0.39 is 6.09 Å². The molecule has 1 aliphatic heterocycles. The minimum absolute atomic E-state index is 0.124. The van der Waals surface area contributed by atoms with Gasteiger partial charge in [-0.1, -0.05) is 24.3 Å². The second-order valence-electron chi connectivity index (χ2n) is 2.32. The number of hydrogen-bond donors (Lipinski definition) is 0. The molecule has 3 heteroatoms. The minimum Gasteiger partial charge on any atom is -0.417 e. The summed E-state index contributed by atoms with van der Waals surface area (Å²) in [5.74, 6) is 0. The molecule has 1 atom stereocenters. The summed E-state index contributed by atoms with van der Waals surface area (Å²) >= 11 is 0. The summed E-state index contributed by atoms with van der Waals surface area (Å²) in [5, 5.41) is 3.74. The molecule has 0 aromatic carbocycles. The summed E-state index contributed by atoms with van der Waals surface area (Å²) in [6.07, 6.45) is 8.41. The van der Waals surface area contributed by atoms with Crippen LogP contribution in [0.15, 0.2) is 36.1 Å². The van der Waals surface area contributed by atoms with Gasteiger partial charge in [0.25, 0.3) is 0 Å². The van der Waals surface area contributed by atoms with E-state index in [0.717, 1.165) is 5.57 Å². The van der Waals surface area contributed by atoms with Gasteiger partial charge in [-0.25, -0.2) is 10.1 Å². The Kier molecular flexibility index (Phi) is 1.28. The molecule has 1 radical (unpaired) electrons. The van der Waals surface area contributed by atoms with Crippen LogP contribution in [0.2, 0.25) is 0 Å². The highest BCUT2D eigenvalue weighted by Crippen LogP contribution is 2.16. The van der Waals surface area contributed by atoms with Crippen LogP contribution in [0.5, 0.6) is 0 Å². The summed E-state index contributed by atoms with van der Waals surface area (Å²) < 4.78 is 4.59. The van der Waals surface area contributed by atoms with Gasteiger partial charge in [-0.2, -0.15) is 0 Å². The van der Waals surface area contributed by atoms with Crippen molar-refractivity contribution in [1.82, 2.24) is 5.32 Å². The highest BCUT2D eigenvalue weighted by Gasteiger charge is 2.21. The number of nitrogens with zero attached hydrogens (tertiary/aromatic N) is 1. The highest BCUT2D eigenvalue weighted by molar-refractivity contribution is 5.71. The molecule has 2 aliphatic rings. The normalized spacial score (nSPS) is 26.7. The number of carbonyl (C=O) groups is 1. The molecule has 11 heavy (non-hydrogen) atoms. The van der Waals surface area contributed by atoms with Crippen molar-refractivity contribution < 1.29 is 9.53 Å². The third-order valence-corrected chi connectivity index (χ3v) is 1.58. The maximum absolute atomic E-state index is 10.6. The van der Waals surface area contributed by atoms with Gasteiger partial charge in [-0.05, 0) is 0 Å². The molecule has 3 nitrogen and oxygen atoms in total. The molecule has 0 aromatic rings. The van der Waals surface area contributed by atoms with Crippen molar-refractivity contribution in [1.29, 1.82) is 0 Å². The molecule has 1 unspecified atom stereocenters. The van der Waals surface area contributed by atoms with Gasteiger partial charge in [0.1, 0.15) is 12.3 Å². The van der Waals surface area contributed by atoms with Crippen molar-refractivity contribution in [2.45, 2.75) is 6.04 Å². The Labute approximate surface area is 64.0 Å². The molecule has 2 rings (SSSR count). The largest absolute Gasteiger partial charge is 0.434 e. The number of ether oxygens (including phenoxy) is 1. The fourth-order valence-corrected chi connectivity index (χ4v) is 1.03. The Morgan fingerprint density at radius 3 is 3.27 bits per heavy atom. The quantitative estimate of drug-likeness (QED) is 0.516. The van der Waals surface area contributed by atoms with E-state index in [0.29, 0.717) is 0 Å². The molecule has 1 amide bonds. The average Bonchev–Trinajstić information content (AvgIpc) is 2.04. The van der Waals surface area contributed by atoms with Crippen LogP contribution in [-0.2, 0) is 4.74 Å². The van der Waals surface area contributed by atoms with Crippen LogP contribution >= 0.6 is 0 Å². The van der Waals surface area contributed by atoms with Crippen molar-refractivity contribution in [3.8, 4) is 0 Å². The van der Waals surface area contributed by atoms with Crippen molar-refractivity contribution in [3.63, 3.8) is 0 Å². The van der Waals surface area contributed by atoms with Gasteiger partial charge in [0, 0.05) is 5.57 Å². The van der Waals surface area contributed by atoms with E-state index in [1.165, 1.54) is 6.26 Å². The molecule has 0 saturated heterocycles. The number of rotatable bonds is 0. The molecule has 0 fully saturated rings. The molecular weight excluding hydrogens is 142 g/mol. The number of fused-ring (bicyclic) bond motifs is 1. The molecule has 1 aliphatic carbocycles. The lowest BCUT2D eigenvalue weighted by Crippen LogP contribution is -2.31. The van der Waals surface area contributed by atoms with Crippen LogP contribution in [0, 0.1) is 0 Å². The summed E-state index contributed by atoms with van der Waals surface area (Å²) in [7, 11) is 0. The van der Waals surface area contributed by atoms with Crippen molar-refractivity contribution in [2.24, 2.45) is 0 Å². The van der Waals surface area contributed by atoms with E-state index in [4.69, 9.17) is 0 Å². The lowest BCUT2D eigenvalue weighted by Gasteiger charge is -2.18. The molecule has 0 bridgehead atoms. The number of allylic oxidation sites excluding steroid dienone is 2. The van der Waals surface area contributed by atoms with E-state index in [1.807, 2.05) is 24.3 Å². The molecule has 0 spiro atoms. The van der Waals surface area contributed by atoms with E-state index in [2.05, 4.69) is 10.1 Å². The zero-order valence-corrected chi connectivity index (χ0v) is 5.73. The van der Waals surface area contributed by atoms with Crippen LogP contribution in [0.1, 0.15) is 0 Å². The predicted octanol–water partition coefficient (Wildman–Crippen LogP) is 1.12. The fourth-order valence-electron chi connectivity index (χ4n) is 1.03. The van der Waals surface area contributed by atoms with Crippen LogP contribution in [0.3, 0.4) is 0 Å². The maximum atomic E-state index is 10.6. The fraction of sp³-hybridized carbons (Fsp3) is 0.125. The van der Waals surface area contributed by atoms with Gasteiger partial charge in [-0.15, -0.1) is 0 Å². The number of cyclic esters (lactones) is 1. The monoisotopic (exact) mass is 148 g/mol. The Balaban J connectivity index is 2.30. The van der Waals surface area contributed by atoms with Crippen LogP contribution in [-0.4, -0.2) is 12.1 Å². The Bertz CT molecular complexity index is 276. The first-order chi connectivity index (χ1) is 5.36. The third kappa shape index (κ3) is 1.05. The van der Waals surface area contributed by atoms with Crippen LogP contribution in [0.25, 0.3) is 0 Å². The van der Waals surface area contributed by atoms with Crippen molar-refractivity contribution >= 4 is 6.09 Å². The van der Waals surface area contributed by atoms with Gasteiger partial charge in [-0.3, -0.25) is 0 Å². The summed E-state index contributed by atoms with van der Waals surface area (Å²) in [5.41, 5.74) is 0.923. The molecule has 55 valence electrons. The van der Waals surface area contributed by atoms with Gasteiger partial charge in [0.05, 0.1) is 0 Å². The number of hydrogen-bond acceptors (Lipinski definition) is 2. The SMILES string of the molecule is O=C1[N]C2C=CC=CC2=CO1. The van der Waals surface area contributed by atoms with Crippen molar-refractivity contribution in [2.75, 3.05) is 0 Å². The first kappa shape index (κ1) is 6.22. The minimum atomic E-state index is -0.515. The van der Waals surface area contributed by atoms with Crippen LogP contribution in [0.4, 0.5) is 4.79 Å². The smallest absolute Gasteiger partial charge is 0.417 e. The van der Waals surface area contributed by atoms with E-state index in [-0.39, 0.29) is 6.04 Å². The zero-order valence-electron chi connectivity index (χ0n) is 5.73. The lowest BCUT2D eigenvalue weighted by molar-refractivity contribution is 0.177. The second-order valence-corrected chi connectivity index (χ2v) is 2.32.